The second-order valence-corrected chi connectivity index (χ2v) is 9.84. The fourth-order valence-corrected chi connectivity index (χ4v) is 5.20. The van der Waals surface area contributed by atoms with Crippen molar-refractivity contribution in [1.29, 1.82) is 0 Å². The number of hydrogen-bond donors (Lipinski definition) is 0. The lowest BCUT2D eigenvalue weighted by Gasteiger charge is -2.35. The second-order valence-electron chi connectivity index (χ2n) is 7.47. The average molecular weight is 414 g/mol. The number of carbonyl (C=O) groups excluding carboxylic acids is 1. The van der Waals surface area contributed by atoms with Crippen LogP contribution in [0.25, 0.3) is 0 Å². The lowest BCUT2D eigenvalue weighted by atomic mass is 10.0. The fourth-order valence-electron chi connectivity index (χ4n) is 3.96. The zero-order chi connectivity index (χ0) is 19.4. The third-order valence-corrected chi connectivity index (χ3v) is 6.93. The van der Waals surface area contributed by atoms with Gasteiger partial charge in [0.2, 0.25) is 15.9 Å². The number of benzene rings is 1. The van der Waals surface area contributed by atoms with Crippen molar-refractivity contribution in [3.63, 3.8) is 0 Å². The maximum atomic E-state index is 13.1. The first-order valence-corrected chi connectivity index (χ1v) is 11.8. The molecule has 0 radical (unpaired) electrons. The molecule has 1 amide bonds. The Morgan fingerprint density at radius 2 is 1.78 bits per heavy atom. The SMILES string of the molecule is CS(=O)(=O)N1CCCCC1C(=O)N1CCCN(Cc2ccc(Cl)cc2)CC1. The molecule has 0 saturated carbocycles. The molecule has 1 aromatic carbocycles. The van der Waals surface area contributed by atoms with E-state index in [1.165, 1.54) is 16.1 Å². The summed E-state index contributed by atoms with van der Waals surface area (Å²) < 4.78 is 25.5. The van der Waals surface area contributed by atoms with Gasteiger partial charge < -0.3 is 4.90 Å². The maximum absolute atomic E-state index is 13.1. The van der Waals surface area contributed by atoms with Crippen molar-refractivity contribution in [3.05, 3.63) is 34.9 Å². The van der Waals surface area contributed by atoms with Gasteiger partial charge in [-0.1, -0.05) is 30.2 Å². The highest BCUT2D eigenvalue weighted by atomic mass is 35.5. The van der Waals surface area contributed by atoms with Gasteiger partial charge in [0, 0.05) is 44.3 Å². The van der Waals surface area contributed by atoms with Gasteiger partial charge in [0.25, 0.3) is 0 Å². The van der Waals surface area contributed by atoms with E-state index in [1.54, 1.807) is 0 Å². The van der Waals surface area contributed by atoms with Crippen LogP contribution in [0.3, 0.4) is 0 Å². The van der Waals surface area contributed by atoms with E-state index in [0.29, 0.717) is 26.1 Å². The molecule has 8 heteroatoms. The van der Waals surface area contributed by atoms with Gasteiger partial charge in [-0.2, -0.15) is 4.31 Å². The van der Waals surface area contributed by atoms with Crippen molar-refractivity contribution >= 4 is 27.5 Å². The predicted molar refractivity (Wildman–Crippen MR) is 107 cm³/mol. The first-order valence-electron chi connectivity index (χ1n) is 9.57. The van der Waals surface area contributed by atoms with E-state index < -0.39 is 16.1 Å². The van der Waals surface area contributed by atoms with Gasteiger partial charge in [-0.25, -0.2) is 8.42 Å². The largest absolute Gasteiger partial charge is 0.340 e. The molecular weight excluding hydrogens is 386 g/mol. The van der Waals surface area contributed by atoms with Crippen LogP contribution in [0.1, 0.15) is 31.2 Å². The molecule has 2 fully saturated rings. The van der Waals surface area contributed by atoms with Gasteiger partial charge in [0.1, 0.15) is 6.04 Å². The highest BCUT2D eigenvalue weighted by molar-refractivity contribution is 7.88. The van der Waals surface area contributed by atoms with E-state index in [0.717, 1.165) is 43.9 Å². The van der Waals surface area contributed by atoms with Gasteiger partial charge in [-0.3, -0.25) is 9.69 Å². The van der Waals surface area contributed by atoms with E-state index >= 15 is 0 Å². The minimum absolute atomic E-state index is 0.0338. The molecule has 1 aromatic rings. The van der Waals surface area contributed by atoms with Crippen molar-refractivity contribution < 1.29 is 13.2 Å². The average Bonchev–Trinajstić information content (AvgIpc) is 2.88. The predicted octanol–water partition coefficient (Wildman–Crippen LogP) is 2.19. The lowest BCUT2D eigenvalue weighted by Crippen LogP contribution is -2.53. The molecule has 1 unspecified atom stereocenters. The van der Waals surface area contributed by atoms with Gasteiger partial charge in [-0.05, 0) is 37.0 Å². The fraction of sp³-hybridized carbons (Fsp3) is 0.632. The number of amides is 1. The number of nitrogens with zero attached hydrogens (tertiary/aromatic N) is 3. The monoisotopic (exact) mass is 413 g/mol. The van der Waals surface area contributed by atoms with Crippen molar-refractivity contribution in [2.24, 2.45) is 0 Å². The summed E-state index contributed by atoms with van der Waals surface area (Å²) in [5, 5.41) is 0.731. The van der Waals surface area contributed by atoms with Crippen molar-refractivity contribution in [2.75, 3.05) is 39.0 Å². The Morgan fingerprint density at radius 3 is 2.48 bits per heavy atom. The summed E-state index contributed by atoms with van der Waals surface area (Å²) in [6, 6.07) is 7.32. The summed E-state index contributed by atoms with van der Waals surface area (Å²) in [5.41, 5.74) is 1.20. The lowest BCUT2D eigenvalue weighted by molar-refractivity contribution is -0.136. The summed E-state index contributed by atoms with van der Waals surface area (Å²) in [7, 11) is -3.36. The molecule has 0 spiro atoms. The van der Waals surface area contributed by atoms with E-state index in [-0.39, 0.29) is 5.91 Å². The molecule has 27 heavy (non-hydrogen) atoms. The van der Waals surface area contributed by atoms with Crippen LogP contribution >= 0.6 is 11.6 Å². The molecule has 0 aliphatic carbocycles. The molecule has 150 valence electrons. The zero-order valence-electron chi connectivity index (χ0n) is 15.8. The first-order chi connectivity index (χ1) is 12.8. The van der Waals surface area contributed by atoms with Gasteiger partial charge >= 0.3 is 0 Å². The maximum Gasteiger partial charge on any atom is 0.241 e. The summed E-state index contributed by atoms with van der Waals surface area (Å²) in [6.07, 6.45) is 4.45. The smallest absolute Gasteiger partial charge is 0.241 e. The summed E-state index contributed by atoms with van der Waals surface area (Å²) in [5.74, 6) is -0.0338. The quantitative estimate of drug-likeness (QED) is 0.759. The minimum atomic E-state index is -3.36. The Balaban J connectivity index is 1.61. The molecule has 2 aliphatic heterocycles. The van der Waals surface area contributed by atoms with Gasteiger partial charge in [0.05, 0.1) is 6.26 Å². The highest BCUT2D eigenvalue weighted by Crippen LogP contribution is 2.22. The normalized spacial score (nSPS) is 23.2. The Hall–Kier alpha value is -1.15. The third-order valence-electron chi connectivity index (χ3n) is 5.38. The number of sulfonamides is 1. The molecule has 0 aromatic heterocycles. The second kappa shape index (κ2) is 8.90. The van der Waals surface area contributed by atoms with Crippen LogP contribution in [-0.4, -0.2) is 73.5 Å². The molecule has 2 heterocycles. The Bertz CT molecular complexity index is 754. The molecule has 2 aliphatic rings. The van der Waals surface area contributed by atoms with Crippen LogP contribution in [-0.2, 0) is 21.4 Å². The molecule has 0 bridgehead atoms. The molecule has 1 atom stereocenters. The molecule has 6 nitrogen and oxygen atoms in total. The van der Waals surface area contributed by atoms with Crippen molar-refractivity contribution in [1.82, 2.24) is 14.1 Å². The van der Waals surface area contributed by atoms with E-state index in [9.17, 15) is 13.2 Å². The van der Waals surface area contributed by atoms with Crippen molar-refractivity contribution in [2.45, 2.75) is 38.3 Å². The van der Waals surface area contributed by atoms with Crippen LogP contribution in [0.2, 0.25) is 5.02 Å². The first kappa shape index (κ1) is 20.6. The number of carbonyl (C=O) groups is 1. The third kappa shape index (κ3) is 5.44. The minimum Gasteiger partial charge on any atom is -0.340 e. The van der Waals surface area contributed by atoms with Crippen LogP contribution < -0.4 is 0 Å². The topological polar surface area (TPSA) is 60.9 Å². The Kier molecular flexibility index (Phi) is 6.78. The van der Waals surface area contributed by atoms with Gasteiger partial charge in [0.15, 0.2) is 0 Å². The van der Waals surface area contributed by atoms with Crippen molar-refractivity contribution in [3.8, 4) is 0 Å². The molecular formula is C19H28ClN3O3S. The van der Waals surface area contributed by atoms with Gasteiger partial charge in [-0.15, -0.1) is 0 Å². The molecule has 2 saturated heterocycles. The van der Waals surface area contributed by atoms with Crippen LogP contribution in [0.15, 0.2) is 24.3 Å². The molecule has 0 N–H and O–H groups in total. The number of piperidine rings is 1. The highest BCUT2D eigenvalue weighted by Gasteiger charge is 2.37. The van der Waals surface area contributed by atoms with Crippen LogP contribution in [0, 0.1) is 0 Å². The Morgan fingerprint density at radius 1 is 1.04 bits per heavy atom. The van der Waals surface area contributed by atoms with Crippen LogP contribution in [0.4, 0.5) is 0 Å². The number of halogens is 1. The number of rotatable bonds is 4. The Labute approximate surface area is 167 Å². The molecule has 3 rings (SSSR count). The zero-order valence-corrected chi connectivity index (χ0v) is 17.4. The van der Waals surface area contributed by atoms with E-state index in [4.69, 9.17) is 11.6 Å². The van der Waals surface area contributed by atoms with E-state index in [1.807, 2.05) is 29.2 Å². The number of hydrogen-bond acceptors (Lipinski definition) is 4. The summed E-state index contributed by atoms with van der Waals surface area (Å²) in [6.45, 7) is 4.32. The standard InChI is InChI=1S/C19H28ClN3O3S/c1-27(25,26)23-12-3-2-5-18(23)19(24)22-11-4-10-21(13-14-22)15-16-6-8-17(20)9-7-16/h6-9,18H,2-5,10-15H2,1H3. The van der Waals surface area contributed by atoms with E-state index in [2.05, 4.69) is 4.90 Å². The van der Waals surface area contributed by atoms with Crippen LogP contribution in [0.5, 0.6) is 0 Å². The summed E-state index contributed by atoms with van der Waals surface area (Å²) >= 11 is 5.95. The summed E-state index contributed by atoms with van der Waals surface area (Å²) in [4.78, 5) is 17.2.